The lowest BCUT2D eigenvalue weighted by Crippen LogP contribution is -2.29. The second-order valence-electron chi connectivity index (χ2n) is 6.16. The molecule has 3 heteroatoms. The molecule has 0 saturated heterocycles. The van der Waals surface area contributed by atoms with E-state index in [-0.39, 0.29) is 0 Å². The van der Waals surface area contributed by atoms with Gasteiger partial charge >= 0.3 is 0 Å². The number of aryl methyl sites for hydroxylation is 2. The van der Waals surface area contributed by atoms with Crippen molar-refractivity contribution in [2.75, 3.05) is 7.05 Å². The zero-order chi connectivity index (χ0) is 12.7. The normalized spacial score (nSPS) is 32.1. The highest BCUT2D eigenvalue weighted by Crippen LogP contribution is 2.52. The third-order valence-electron chi connectivity index (χ3n) is 5.14. The Morgan fingerprint density at radius 3 is 2.83 bits per heavy atom. The Kier molecular flexibility index (Phi) is 3.18. The molecule has 1 N–H and O–H groups in total. The predicted octanol–water partition coefficient (Wildman–Crippen LogP) is 2.68. The number of hydrogen-bond acceptors (Lipinski definition) is 2. The Labute approximate surface area is 110 Å². The van der Waals surface area contributed by atoms with Crippen molar-refractivity contribution in [3.05, 3.63) is 17.5 Å². The van der Waals surface area contributed by atoms with Gasteiger partial charge < -0.3 is 5.32 Å². The molecule has 1 heterocycles. The molecular weight excluding hydrogens is 222 g/mol. The molecule has 2 aliphatic rings. The third-order valence-corrected chi connectivity index (χ3v) is 5.14. The molecule has 0 radical (unpaired) electrons. The summed E-state index contributed by atoms with van der Waals surface area (Å²) in [6.07, 6.45) is 9.10. The molecule has 2 bridgehead atoms. The molecule has 3 nitrogen and oxygen atoms in total. The molecule has 2 aliphatic carbocycles. The first-order valence-corrected chi connectivity index (χ1v) is 7.42. The smallest absolute Gasteiger partial charge is 0.0669 e. The van der Waals surface area contributed by atoms with Gasteiger partial charge in [0.05, 0.1) is 5.69 Å². The van der Waals surface area contributed by atoms with Crippen molar-refractivity contribution in [3.63, 3.8) is 0 Å². The highest BCUT2D eigenvalue weighted by molar-refractivity contribution is 5.23. The summed E-state index contributed by atoms with van der Waals surface area (Å²) in [5.41, 5.74) is 2.72. The number of nitrogens with one attached hydrogen (secondary N) is 1. The van der Waals surface area contributed by atoms with E-state index in [0.29, 0.717) is 6.04 Å². The Morgan fingerprint density at radius 2 is 2.28 bits per heavy atom. The molecule has 1 aromatic heterocycles. The maximum atomic E-state index is 4.61. The molecule has 4 atom stereocenters. The van der Waals surface area contributed by atoms with E-state index in [2.05, 4.69) is 30.6 Å². The van der Waals surface area contributed by atoms with Gasteiger partial charge in [-0.15, -0.1) is 0 Å². The Hall–Kier alpha value is -0.830. The fourth-order valence-electron chi connectivity index (χ4n) is 4.39. The van der Waals surface area contributed by atoms with Gasteiger partial charge in [-0.3, -0.25) is 4.68 Å². The second-order valence-corrected chi connectivity index (χ2v) is 6.16. The van der Waals surface area contributed by atoms with E-state index in [1.54, 1.807) is 0 Å². The Morgan fingerprint density at radius 1 is 1.44 bits per heavy atom. The fourth-order valence-corrected chi connectivity index (χ4v) is 4.39. The van der Waals surface area contributed by atoms with Crippen LogP contribution in [0.1, 0.15) is 49.9 Å². The van der Waals surface area contributed by atoms with Gasteiger partial charge in [-0.05, 0) is 50.5 Å². The average molecular weight is 247 g/mol. The summed E-state index contributed by atoms with van der Waals surface area (Å²) in [4.78, 5) is 0. The number of nitrogens with zero attached hydrogens (tertiary/aromatic N) is 2. The first kappa shape index (κ1) is 12.2. The second kappa shape index (κ2) is 4.69. The molecule has 3 rings (SSSR count). The summed E-state index contributed by atoms with van der Waals surface area (Å²) >= 11 is 0. The third kappa shape index (κ3) is 1.89. The topological polar surface area (TPSA) is 29.9 Å². The van der Waals surface area contributed by atoms with E-state index in [1.807, 2.05) is 11.7 Å². The summed E-state index contributed by atoms with van der Waals surface area (Å²) in [7, 11) is 4.15. The molecule has 0 aliphatic heterocycles. The zero-order valence-corrected chi connectivity index (χ0v) is 11.8. The summed E-state index contributed by atoms with van der Waals surface area (Å²) < 4.78 is 1.98. The highest BCUT2D eigenvalue weighted by atomic mass is 15.3. The van der Waals surface area contributed by atoms with Crippen LogP contribution in [0.25, 0.3) is 0 Å². The molecule has 0 amide bonds. The molecule has 18 heavy (non-hydrogen) atoms. The van der Waals surface area contributed by atoms with E-state index >= 15 is 0 Å². The van der Waals surface area contributed by atoms with E-state index in [0.717, 1.165) is 24.2 Å². The number of rotatable bonds is 4. The lowest BCUT2D eigenvalue weighted by Gasteiger charge is -2.30. The Bertz CT molecular complexity index is 423. The largest absolute Gasteiger partial charge is 0.313 e. The molecule has 0 spiro atoms. The van der Waals surface area contributed by atoms with Crippen molar-refractivity contribution in [1.29, 1.82) is 0 Å². The molecule has 2 fully saturated rings. The number of fused-ring (bicyclic) bond motifs is 2. The average Bonchev–Trinajstić information content (AvgIpc) is 3.05. The van der Waals surface area contributed by atoms with Crippen LogP contribution in [0.2, 0.25) is 0 Å². The van der Waals surface area contributed by atoms with Crippen LogP contribution in [0, 0.1) is 17.8 Å². The lowest BCUT2D eigenvalue weighted by molar-refractivity contribution is 0.259. The van der Waals surface area contributed by atoms with E-state index in [1.165, 1.54) is 36.9 Å². The van der Waals surface area contributed by atoms with Gasteiger partial charge in [0, 0.05) is 24.8 Å². The quantitative estimate of drug-likeness (QED) is 0.886. The van der Waals surface area contributed by atoms with Crippen LogP contribution in [0.4, 0.5) is 0 Å². The zero-order valence-electron chi connectivity index (χ0n) is 11.8. The van der Waals surface area contributed by atoms with E-state index in [4.69, 9.17) is 0 Å². The standard InChI is InChI=1S/C15H25N3/c1-4-14-13(9-18(3)17-14)15(16-2)12-8-10-5-6-11(12)7-10/h9-12,15-16H,4-8H2,1-3H3. The predicted molar refractivity (Wildman–Crippen MR) is 73.3 cm³/mol. The van der Waals surface area contributed by atoms with Crippen LogP contribution in [-0.4, -0.2) is 16.8 Å². The minimum Gasteiger partial charge on any atom is -0.313 e. The van der Waals surface area contributed by atoms with E-state index in [9.17, 15) is 0 Å². The van der Waals surface area contributed by atoms with Crippen LogP contribution < -0.4 is 5.32 Å². The van der Waals surface area contributed by atoms with Gasteiger partial charge in [0.25, 0.3) is 0 Å². The van der Waals surface area contributed by atoms with Crippen molar-refractivity contribution >= 4 is 0 Å². The number of aromatic nitrogens is 2. The first-order valence-electron chi connectivity index (χ1n) is 7.42. The summed E-state index contributed by atoms with van der Waals surface area (Å²) in [5, 5.41) is 8.19. The summed E-state index contributed by atoms with van der Waals surface area (Å²) in [6.45, 7) is 2.21. The van der Waals surface area contributed by atoms with Crippen molar-refractivity contribution < 1.29 is 0 Å². The van der Waals surface area contributed by atoms with Crippen LogP contribution in [0.15, 0.2) is 6.20 Å². The van der Waals surface area contributed by atoms with Gasteiger partial charge in [-0.1, -0.05) is 13.3 Å². The van der Waals surface area contributed by atoms with E-state index < -0.39 is 0 Å². The van der Waals surface area contributed by atoms with Gasteiger partial charge in [-0.25, -0.2) is 0 Å². The molecule has 2 saturated carbocycles. The van der Waals surface area contributed by atoms with Crippen LogP contribution in [-0.2, 0) is 13.5 Å². The maximum absolute atomic E-state index is 4.61. The fraction of sp³-hybridized carbons (Fsp3) is 0.800. The molecule has 4 unspecified atom stereocenters. The van der Waals surface area contributed by atoms with Crippen molar-refractivity contribution in [1.82, 2.24) is 15.1 Å². The monoisotopic (exact) mass is 247 g/mol. The Balaban J connectivity index is 1.87. The molecule has 100 valence electrons. The van der Waals surface area contributed by atoms with Gasteiger partial charge in [0.2, 0.25) is 0 Å². The minimum atomic E-state index is 0.518. The van der Waals surface area contributed by atoms with Crippen LogP contribution >= 0.6 is 0 Å². The minimum absolute atomic E-state index is 0.518. The van der Waals surface area contributed by atoms with Crippen LogP contribution in [0.5, 0.6) is 0 Å². The van der Waals surface area contributed by atoms with Gasteiger partial charge in [0.15, 0.2) is 0 Å². The number of hydrogen-bond donors (Lipinski definition) is 1. The summed E-state index contributed by atoms with van der Waals surface area (Å²) in [5.74, 6) is 2.80. The molecular formula is C15H25N3. The van der Waals surface area contributed by atoms with Gasteiger partial charge in [-0.2, -0.15) is 5.10 Å². The first-order chi connectivity index (χ1) is 8.72. The molecule has 1 aromatic rings. The van der Waals surface area contributed by atoms with Crippen molar-refractivity contribution in [2.45, 2.75) is 45.1 Å². The van der Waals surface area contributed by atoms with Gasteiger partial charge in [0.1, 0.15) is 0 Å². The maximum Gasteiger partial charge on any atom is 0.0669 e. The van der Waals surface area contributed by atoms with Crippen LogP contribution in [0.3, 0.4) is 0 Å². The SMILES string of the molecule is CCc1nn(C)cc1C(NC)C1CC2CCC1C2. The molecule has 0 aromatic carbocycles. The van der Waals surface area contributed by atoms with Crippen molar-refractivity contribution in [2.24, 2.45) is 24.8 Å². The highest BCUT2D eigenvalue weighted by Gasteiger charge is 2.43. The lowest BCUT2D eigenvalue weighted by atomic mass is 9.80. The van der Waals surface area contributed by atoms with Crippen molar-refractivity contribution in [3.8, 4) is 0 Å². The summed E-state index contributed by atoms with van der Waals surface area (Å²) in [6, 6.07) is 0.518.